The molecule has 1 aliphatic heterocycles. The minimum absolute atomic E-state index is 0.168. The molecule has 3 aromatic carbocycles. The molecule has 0 aromatic heterocycles. The van der Waals surface area contributed by atoms with E-state index in [2.05, 4.69) is 10.3 Å². The highest BCUT2D eigenvalue weighted by Crippen LogP contribution is 2.29. The van der Waals surface area contributed by atoms with Crippen LogP contribution in [-0.4, -0.2) is 11.1 Å². The maximum absolute atomic E-state index is 12.3. The third-order valence-corrected chi connectivity index (χ3v) is 5.27. The largest absolute Gasteiger partial charge is 0.489 e. The minimum atomic E-state index is -0.168. The summed E-state index contributed by atoms with van der Waals surface area (Å²) in [7, 11) is 0. The van der Waals surface area contributed by atoms with E-state index in [-0.39, 0.29) is 5.91 Å². The predicted molar refractivity (Wildman–Crippen MR) is 119 cm³/mol. The van der Waals surface area contributed by atoms with Crippen molar-refractivity contribution in [1.29, 1.82) is 0 Å². The Morgan fingerprint density at radius 1 is 1.00 bits per heavy atom. The van der Waals surface area contributed by atoms with E-state index in [0.29, 0.717) is 21.7 Å². The van der Waals surface area contributed by atoms with Crippen molar-refractivity contribution in [2.45, 2.75) is 6.61 Å². The number of carbonyl (C=O) groups excluding carboxylic acids is 1. The van der Waals surface area contributed by atoms with Crippen molar-refractivity contribution in [2.24, 2.45) is 4.99 Å². The maximum Gasteiger partial charge on any atom is 0.264 e. The van der Waals surface area contributed by atoms with Gasteiger partial charge in [0.25, 0.3) is 5.91 Å². The van der Waals surface area contributed by atoms with Crippen LogP contribution in [0, 0.1) is 0 Å². The lowest BCUT2D eigenvalue weighted by atomic mass is 10.2. The van der Waals surface area contributed by atoms with Gasteiger partial charge in [-0.25, -0.2) is 4.99 Å². The highest BCUT2D eigenvalue weighted by molar-refractivity contribution is 8.18. The van der Waals surface area contributed by atoms with Crippen molar-refractivity contribution in [3.05, 3.63) is 99.9 Å². The van der Waals surface area contributed by atoms with Gasteiger partial charge >= 0.3 is 0 Å². The smallest absolute Gasteiger partial charge is 0.264 e. The van der Waals surface area contributed by atoms with E-state index in [4.69, 9.17) is 16.3 Å². The molecule has 0 unspecified atom stereocenters. The van der Waals surface area contributed by atoms with Crippen molar-refractivity contribution in [3.63, 3.8) is 0 Å². The van der Waals surface area contributed by atoms with Crippen molar-refractivity contribution in [2.75, 3.05) is 0 Å². The molecule has 1 saturated heterocycles. The van der Waals surface area contributed by atoms with Crippen LogP contribution < -0.4 is 10.1 Å². The summed E-state index contributed by atoms with van der Waals surface area (Å²) in [5.41, 5.74) is 2.72. The number of rotatable bonds is 5. The van der Waals surface area contributed by atoms with Gasteiger partial charge in [0.15, 0.2) is 5.17 Å². The number of hydrogen-bond acceptors (Lipinski definition) is 4. The summed E-state index contributed by atoms with van der Waals surface area (Å²) in [5.74, 6) is 0.583. The molecule has 6 heteroatoms. The van der Waals surface area contributed by atoms with Gasteiger partial charge < -0.3 is 10.1 Å². The van der Waals surface area contributed by atoms with Gasteiger partial charge in [-0.1, -0.05) is 54.1 Å². The van der Waals surface area contributed by atoms with Gasteiger partial charge in [0, 0.05) is 5.02 Å². The quantitative estimate of drug-likeness (QED) is 0.530. The van der Waals surface area contributed by atoms with Crippen molar-refractivity contribution in [3.8, 4) is 5.75 Å². The molecule has 144 valence electrons. The van der Waals surface area contributed by atoms with Gasteiger partial charge in [0.05, 0.1) is 10.6 Å². The second-order valence-electron chi connectivity index (χ2n) is 6.30. The summed E-state index contributed by atoms with van der Waals surface area (Å²) in [6, 6.07) is 24.8. The Morgan fingerprint density at radius 3 is 2.59 bits per heavy atom. The first-order valence-electron chi connectivity index (χ1n) is 8.98. The number of nitrogens with one attached hydrogen (secondary N) is 1. The zero-order valence-electron chi connectivity index (χ0n) is 15.3. The summed E-state index contributed by atoms with van der Waals surface area (Å²) in [6.45, 7) is 0.494. The van der Waals surface area contributed by atoms with Gasteiger partial charge in [0.1, 0.15) is 12.4 Å². The number of amidine groups is 1. The fourth-order valence-corrected chi connectivity index (χ4v) is 3.67. The summed E-state index contributed by atoms with van der Waals surface area (Å²) in [5, 5.41) is 3.98. The van der Waals surface area contributed by atoms with Crippen LogP contribution in [-0.2, 0) is 11.4 Å². The van der Waals surface area contributed by atoms with E-state index < -0.39 is 0 Å². The molecule has 0 spiro atoms. The SMILES string of the molecule is O=C1NC(=Nc2ccc(Cl)cc2)S/C1=C/c1cccc(OCc2ccccc2)c1. The molecular weight excluding hydrogens is 404 g/mol. The molecule has 1 heterocycles. The summed E-state index contributed by atoms with van der Waals surface area (Å²) in [4.78, 5) is 17.3. The number of aliphatic imine (C=N–C) groups is 1. The Morgan fingerprint density at radius 2 is 1.79 bits per heavy atom. The van der Waals surface area contributed by atoms with E-state index in [1.165, 1.54) is 11.8 Å². The van der Waals surface area contributed by atoms with Crippen LogP contribution in [0.25, 0.3) is 6.08 Å². The minimum Gasteiger partial charge on any atom is -0.489 e. The first-order valence-corrected chi connectivity index (χ1v) is 10.2. The molecule has 1 aliphatic rings. The molecule has 0 bridgehead atoms. The van der Waals surface area contributed by atoms with Crippen LogP contribution in [0.15, 0.2) is 88.8 Å². The molecule has 29 heavy (non-hydrogen) atoms. The topological polar surface area (TPSA) is 50.7 Å². The number of halogens is 1. The molecule has 0 aliphatic carbocycles. The van der Waals surface area contributed by atoms with Gasteiger partial charge in [-0.2, -0.15) is 0 Å². The molecule has 1 amide bonds. The van der Waals surface area contributed by atoms with Crippen LogP contribution in [0.4, 0.5) is 5.69 Å². The molecule has 4 nitrogen and oxygen atoms in total. The van der Waals surface area contributed by atoms with E-state index >= 15 is 0 Å². The zero-order chi connectivity index (χ0) is 20.1. The van der Waals surface area contributed by atoms with E-state index in [1.807, 2.05) is 60.7 Å². The third kappa shape index (κ3) is 5.28. The maximum atomic E-state index is 12.3. The molecule has 3 aromatic rings. The lowest BCUT2D eigenvalue weighted by Crippen LogP contribution is -2.19. The van der Waals surface area contributed by atoms with Crippen molar-refractivity contribution in [1.82, 2.24) is 5.32 Å². The van der Waals surface area contributed by atoms with Gasteiger partial charge in [0.2, 0.25) is 0 Å². The predicted octanol–water partition coefficient (Wildman–Crippen LogP) is 5.81. The Labute approximate surface area is 178 Å². The highest BCUT2D eigenvalue weighted by Gasteiger charge is 2.23. The lowest BCUT2D eigenvalue weighted by Gasteiger charge is -2.07. The van der Waals surface area contributed by atoms with Gasteiger partial charge in [-0.05, 0) is 65.4 Å². The van der Waals surface area contributed by atoms with Crippen LogP contribution in [0.5, 0.6) is 5.75 Å². The Balaban J connectivity index is 1.46. The van der Waals surface area contributed by atoms with Gasteiger partial charge in [-0.3, -0.25) is 4.79 Å². The second kappa shape index (κ2) is 8.99. The summed E-state index contributed by atoms with van der Waals surface area (Å²) < 4.78 is 5.86. The number of ether oxygens (including phenoxy) is 1. The molecule has 4 rings (SSSR count). The highest BCUT2D eigenvalue weighted by atomic mass is 35.5. The van der Waals surface area contributed by atoms with E-state index in [0.717, 1.165) is 22.6 Å². The lowest BCUT2D eigenvalue weighted by molar-refractivity contribution is -0.115. The standard InChI is InChI=1S/C23H17ClN2O2S/c24-18-9-11-19(12-10-18)25-23-26-22(27)21(29-23)14-17-7-4-8-20(13-17)28-15-16-5-2-1-3-6-16/h1-14H,15H2,(H,25,26,27)/b21-14+. The molecule has 1 fully saturated rings. The average molecular weight is 421 g/mol. The Bertz CT molecular complexity index is 1080. The average Bonchev–Trinajstić information content (AvgIpc) is 3.08. The fraction of sp³-hybridized carbons (Fsp3) is 0.0435. The number of amides is 1. The first kappa shape index (κ1) is 19.3. The molecule has 0 atom stereocenters. The third-order valence-electron chi connectivity index (χ3n) is 4.11. The summed E-state index contributed by atoms with van der Waals surface area (Å²) >= 11 is 7.20. The Hall–Kier alpha value is -3.02. The molecule has 0 radical (unpaired) electrons. The monoisotopic (exact) mass is 420 g/mol. The Kier molecular flexibility index (Phi) is 5.98. The van der Waals surface area contributed by atoms with Crippen molar-refractivity contribution >= 4 is 46.2 Å². The molecular formula is C23H17ClN2O2S. The molecule has 1 N–H and O–H groups in total. The van der Waals surface area contributed by atoms with E-state index in [9.17, 15) is 4.79 Å². The number of hydrogen-bond donors (Lipinski definition) is 1. The first-order chi connectivity index (χ1) is 14.2. The van der Waals surface area contributed by atoms with Crippen LogP contribution in [0.2, 0.25) is 5.02 Å². The van der Waals surface area contributed by atoms with Crippen molar-refractivity contribution < 1.29 is 9.53 Å². The number of nitrogens with zero attached hydrogens (tertiary/aromatic N) is 1. The normalized spacial score (nSPS) is 16.2. The van der Waals surface area contributed by atoms with Crippen LogP contribution >= 0.6 is 23.4 Å². The van der Waals surface area contributed by atoms with Crippen LogP contribution in [0.1, 0.15) is 11.1 Å². The van der Waals surface area contributed by atoms with E-state index in [1.54, 1.807) is 24.3 Å². The number of carbonyl (C=O) groups is 1. The zero-order valence-corrected chi connectivity index (χ0v) is 16.9. The number of benzene rings is 3. The second-order valence-corrected chi connectivity index (χ2v) is 7.77. The van der Waals surface area contributed by atoms with Crippen LogP contribution in [0.3, 0.4) is 0 Å². The molecule has 0 saturated carbocycles. The fourth-order valence-electron chi connectivity index (χ4n) is 2.70. The number of thioether (sulfide) groups is 1. The summed E-state index contributed by atoms with van der Waals surface area (Å²) in [6.07, 6.45) is 1.83. The van der Waals surface area contributed by atoms with Gasteiger partial charge in [-0.15, -0.1) is 0 Å².